The Hall–Kier alpha value is -1.93. The molecular formula is C22H27ClN2O4S. The minimum atomic E-state index is -3.71. The van der Waals surface area contributed by atoms with E-state index in [0.717, 1.165) is 13.0 Å². The summed E-state index contributed by atoms with van der Waals surface area (Å²) < 4.78 is 28.2. The van der Waals surface area contributed by atoms with Crippen LogP contribution in [0.4, 0.5) is 0 Å². The van der Waals surface area contributed by atoms with Crippen molar-refractivity contribution in [1.29, 1.82) is 0 Å². The number of nitrogens with zero attached hydrogens (tertiary/aromatic N) is 2. The molecule has 30 heavy (non-hydrogen) atoms. The van der Waals surface area contributed by atoms with Crippen molar-refractivity contribution in [3.05, 3.63) is 64.7 Å². The average Bonchev–Trinajstić information content (AvgIpc) is 2.66. The minimum absolute atomic E-state index is 0.148. The van der Waals surface area contributed by atoms with Crippen LogP contribution in [0.3, 0.4) is 0 Å². The Morgan fingerprint density at radius 1 is 1.07 bits per heavy atom. The Kier molecular flexibility index (Phi) is 7.18. The van der Waals surface area contributed by atoms with Crippen LogP contribution in [0.2, 0.25) is 5.02 Å². The van der Waals surface area contributed by atoms with Crippen LogP contribution in [0.15, 0.2) is 53.4 Å². The molecule has 1 fully saturated rings. The lowest BCUT2D eigenvalue weighted by molar-refractivity contribution is -0.136. The van der Waals surface area contributed by atoms with E-state index in [0.29, 0.717) is 23.7 Å². The first-order valence-electron chi connectivity index (χ1n) is 9.98. The first-order chi connectivity index (χ1) is 14.2. The number of carbonyl (C=O) groups is 1. The Labute approximate surface area is 183 Å². The Bertz CT molecular complexity index is 982. The zero-order valence-corrected chi connectivity index (χ0v) is 18.7. The molecule has 3 rings (SSSR count). The summed E-state index contributed by atoms with van der Waals surface area (Å²) in [6.45, 7) is 5.98. The third kappa shape index (κ3) is 5.40. The number of piperazine rings is 1. The van der Waals surface area contributed by atoms with Crippen molar-refractivity contribution in [3.63, 3.8) is 0 Å². The molecule has 0 saturated carbocycles. The number of sulfonamides is 1. The maximum Gasteiger partial charge on any atom is 0.307 e. The molecule has 0 aromatic heterocycles. The molecule has 0 aliphatic carbocycles. The number of carboxylic acid groups (broad SMARTS) is 1. The molecule has 8 heteroatoms. The molecule has 0 spiro atoms. The largest absolute Gasteiger partial charge is 0.481 e. The molecule has 0 unspecified atom stereocenters. The van der Waals surface area contributed by atoms with Gasteiger partial charge in [0, 0.05) is 36.7 Å². The van der Waals surface area contributed by atoms with E-state index in [9.17, 15) is 13.2 Å². The second kappa shape index (κ2) is 9.47. The van der Waals surface area contributed by atoms with Gasteiger partial charge in [-0.2, -0.15) is 4.31 Å². The van der Waals surface area contributed by atoms with Crippen molar-refractivity contribution in [2.24, 2.45) is 0 Å². The standard InChI is InChI=1S/C22H27ClN2O4S/c1-16-14-24(11-10-18-6-8-20(23)9-7-18)15-17(2)25(16)30(28,29)21-5-3-4-19(12-21)13-22(26)27/h3-9,12,16-17H,10-11,13-15H2,1-2H3,(H,26,27)/t16-,17+. The first kappa shape index (κ1) is 22.7. The number of rotatable bonds is 7. The van der Waals surface area contributed by atoms with Gasteiger partial charge in [-0.15, -0.1) is 0 Å². The topological polar surface area (TPSA) is 77.9 Å². The van der Waals surface area contributed by atoms with E-state index < -0.39 is 16.0 Å². The van der Waals surface area contributed by atoms with Crippen molar-refractivity contribution in [2.75, 3.05) is 19.6 Å². The minimum Gasteiger partial charge on any atom is -0.481 e. The van der Waals surface area contributed by atoms with E-state index in [-0.39, 0.29) is 23.4 Å². The number of halogens is 1. The second-order valence-electron chi connectivity index (χ2n) is 7.89. The number of benzene rings is 2. The molecule has 1 N–H and O–H groups in total. The van der Waals surface area contributed by atoms with Crippen LogP contribution in [0.1, 0.15) is 25.0 Å². The van der Waals surface area contributed by atoms with Gasteiger partial charge in [0.05, 0.1) is 11.3 Å². The molecule has 1 aliphatic heterocycles. The normalized spacial score (nSPS) is 20.9. The van der Waals surface area contributed by atoms with Crippen molar-refractivity contribution in [2.45, 2.75) is 43.7 Å². The third-order valence-electron chi connectivity index (χ3n) is 5.37. The van der Waals surface area contributed by atoms with E-state index in [1.165, 1.54) is 17.7 Å². The lowest BCUT2D eigenvalue weighted by Gasteiger charge is -2.43. The van der Waals surface area contributed by atoms with E-state index in [4.69, 9.17) is 16.7 Å². The summed E-state index contributed by atoms with van der Waals surface area (Å²) in [4.78, 5) is 13.4. The van der Waals surface area contributed by atoms with Crippen LogP contribution in [0.25, 0.3) is 0 Å². The number of hydrogen-bond acceptors (Lipinski definition) is 4. The van der Waals surface area contributed by atoms with Gasteiger partial charge in [0.15, 0.2) is 0 Å². The summed E-state index contributed by atoms with van der Waals surface area (Å²) in [5.74, 6) is -0.986. The van der Waals surface area contributed by atoms with E-state index in [1.54, 1.807) is 16.4 Å². The zero-order chi connectivity index (χ0) is 21.9. The highest BCUT2D eigenvalue weighted by molar-refractivity contribution is 7.89. The van der Waals surface area contributed by atoms with Gasteiger partial charge in [-0.25, -0.2) is 8.42 Å². The fourth-order valence-corrected chi connectivity index (χ4v) is 6.13. The van der Waals surface area contributed by atoms with Crippen LogP contribution in [0.5, 0.6) is 0 Å². The lowest BCUT2D eigenvalue weighted by Crippen LogP contribution is -2.58. The number of hydrogen-bond donors (Lipinski definition) is 1. The highest BCUT2D eigenvalue weighted by Crippen LogP contribution is 2.26. The molecule has 1 aliphatic rings. The van der Waals surface area contributed by atoms with Crippen LogP contribution < -0.4 is 0 Å². The first-order valence-corrected chi connectivity index (χ1v) is 11.8. The molecule has 1 heterocycles. The summed E-state index contributed by atoms with van der Waals surface area (Å²) >= 11 is 5.94. The Morgan fingerprint density at radius 3 is 2.30 bits per heavy atom. The van der Waals surface area contributed by atoms with Gasteiger partial charge < -0.3 is 5.11 Å². The van der Waals surface area contributed by atoms with E-state index in [2.05, 4.69) is 4.90 Å². The van der Waals surface area contributed by atoms with Crippen molar-refractivity contribution in [1.82, 2.24) is 9.21 Å². The fraction of sp³-hybridized carbons (Fsp3) is 0.409. The SMILES string of the molecule is C[C@@H]1CN(CCc2ccc(Cl)cc2)C[C@H](C)N1S(=O)(=O)c1cccc(CC(=O)O)c1. The van der Waals surface area contributed by atoms with Gasteiger partial charge in [-0.1, -0.05) is 35.9 Å². The molecule has 0 bridgehead atoms. The lowest BCUT2D eigenvalue weighted by atomic mass is 10.1. The summed E-state index contributed by atoms with van der Waals surface area (Å²) in [6.07, 6.45) is 0.674. The predicted molar refractivity (Wildman–Crippen MR) is 117 cm³/mol. The Morgan fingerprint density at radius 2 is 1.70 bits per heavy atom. The molecule has 0 radical (unpaired) electrons. The highest BCUT2D eigenvalue weighted by Gasteiger charge is 2.38. The maximum atomic E-state index is 13.3. The number of carboxylic acids is 1. The molecule has 2 atom stereocenters. The van der Waals surface area contributed by atoms with Gasteiger partial charge in [0.1, 0.15) is 0 Å². The summed E-state index contributed by atoms with van der Waals surface area (Å²) in [6, 6.07) is 13.6. The Balaban J connectivity index is 1.70. The van der Waals surface area contributed by atoms with Gasteiger partial charge in [-0.3, -0.25) is 9.69 Å². The second-order valence-corrected chi connectivity index (χ2v) is 10.2. The zero-order valence-electron chi connectivity index (χ0n) is 17.2. The monoisotopic (exact) mass is 450 g/mol. The van der Waals surface area contributed by atoms with Crippen LogP contribution >= 0.6 is 11.6 Å². The van der Waals surface area contributed by atoms with E-state index in [1.807, 2.05) is 38.1 Å². The predicted octanol–water partition coefficient (Wildman–Crippen LogP) is 3.29. The molecule has 1 saturated heterocycles. The summed E-state index contributed by atoms with van der Waals surface area (Å²) in [5, 5.41) is 9.71. The molecule has 2 aromatic rings. The average molecular weight is 451 g/mol. The molecule has 162 valence electrons. The van der Waals surface area contributed by atoms with Crippen LogP contribution in [-0.2, 0) is 27.7 Å². The van der Waals surface area contributed by atoms with Crippen LogP contribution in [-0.4, -0.2) is 60.4 Å². The molecule has 2 aromatic carbocycles. The van der Waals surface area contributed by atoms with Crippen molar-refractivity contribution < 1.29 is 18.3 Å². The molecule has 0 amide bonds. The quantitative estimate of drug-likeness (QED) is 0.700. The van der Waals surface area contributed by atoms with Crippen LogP contribution in [0, 0.1) is 0 Å². The third-order valence-corrected chi connectivity index (χ3v) is 7.75. The van der Waals surface area contributed by atoms with Gasteiger partial charge in [0.25, 0.3) is 0 Å². The van der Waals surface area contributed by atoms with Gasteiger partial charge >= 0.3 is 5.97 Å². The molecular weight excluding hydrogens is 424 g/mol. The fourth-order valence-electron chi connectivity index (χ4n) is 4.12. The smallest absolute Gasteiger partial charge is 0.307 e. The maximum absolute atomic E-state index is 13.3. The van der Waals surface area contributed by atoms with Gasteiger partial charge in [-0.05, 0) is 55.7 Å². The van der Waals surface area contributed by atoms with Crippen molar-refractivity contribution >= 4 is 27.6 Å². The van der Waals surface area contributed by atoms with Crippen molar-refractivity contribution in [3.8, 4) is 0 Å². The molecule has 6 nitrogen and oxygen atoms in total. The summed E-state index contributed by atoms with van der Waals surface area (Å²) in [7, 11) is -3.71. The van der Waals surface area contributed by atoms with E-state index >= 15 is 0 Å². The van der Waals surface area contributed by atoms with Gasteiger partial charge in [0.2, 0.25) is 10.0 Å². The summed E-state index contributed by atoms with van der Waals surface area (Å²) in [5.41, 5.74) is 1.68. The highest BCUT2D eigenvalue weighted by atomic mass is 35.5. The number of aliphatic carboxylic acids is 1.